The molecule has 0 aliphatic rings. The summed E-state index contributed by atoms with van der Waals surface area (Å²) in [5, 5.41) is 17.1. The minimum absolute atomic E-state index is 0.0198. The molecule has 0 radical (unpaired) electrons. The van der Waals surface area contributed by atoms with Crippen molar-refractivity contribution in [2.24, 2.45) is 0 Å². The van der Waals surface area contributed by atoms with E-state index in [2.05, 4.69) is 25.4 Å². The molecule has 0 aliphatic heterocycles. The van der Waals surface area contributed by atoms with E-state index in [9.17, 15) is 14.7 Å². The molecule has 3 N–H and O–H groups in total. The highest BCUT2D eigenvalue weighted by molar-refractivity contribution is 7.22. The Kier molecular flexibility index (Phi) is 6.83. The summed E-state index contributed by atoms with van der Waals surface area (Å²) < 4.78 is 8.49. The van der Waals surface area contributed by atoms with E-state index in [0.717, 1.165) is 16.9 Å². The number of aryl methyl sites for hydroxylation is 1. The molecule has 0 aliphatic carbocycles. The lowest BCUT2D eigenvalue weighted by molar-refractivity contribution is 0.0696. The number of ether oxygens (including phenoxy) is 1. The Labute approximate surface area is 223 Å². The van der Waals surface area contributed by atoms with Crippen molar-refractivity contribution in [2.75, 3.05) is 5.32 Å². The monoisotopic (exact) mass is 556 g/mol. The maximum atomic E-state index is 12.8. The van der Waals surface area contributed by atoms with Gasteiger partial charge in [0, 0.05) is 5.69 Å². The van der Waals surface area contributed by atoms with Gasteiger partial charge in [-0.1, -0.05) is 64.9 Å². The number of carbonyl (C=O) groups excluding carboxylic acids is 1. The topological polar surface area (TPSA) is 135 Å². The normalized spacial score (nSPS) is 12.0. The molecule has 0 saturated carbocycles. The van der Waals surface area contributed by atoms with E-state index in [1.165, 1.54) is 18.5 Å². The van der Waals surface area contributed by atoms with Gasteiger partial charge in [-0.3, -0.25) is 10.1 Å². The average Bonchev–Trinajstić information content (AvgIpc) is 3.60. The number of thiazole rings is 1. The summed E-state index contributed by atoms with van der Waals surface area (Å²) in [5.74, 6) is -1.41. The summed E-state index contributed by atoms with van der Waals surface area (Å²) >= 11 is 13.4. The Morgan fingerprint density at radius 3 is 2.65 bits per heavy atom. The number of amides is 1. The van der Waals surface area contributed by atoms with Crippen LogP contribution in [0.5, 0.6) is 5.75 Å². The second-order valence-electron chi connectivity index (χ2n) is 7.99. The van der Waals surface area contributed by atoms with Crippen LogP contribution in [0.25, 0.3) is 10.2 Å². The number of H-pyrrole nitrogens is 1. The standard InChI is InChI=1S/C24H18Cl2N6O4S/c1-12-18(25)19(26)21(29-12)22(33)31-24-30-20-15(7-14(23(34)35)8-17(20)37-24)36-16(9-32-11-27-10-28-32)13-5-3-2-4-6-13/h2-8,10-11,16,29H,9H2,1H3,(H,34,35)(H,30,31,33). The van der Waals surface area contributed by atoms with Crippen LogP contribution < -0.4 is 10.1 Å². The number of fused-ring (bicyclic) bond motifs is 1. The number of rotatable bonds is 8. The van der Waals surface area contributed by atoms with Gasteiger partial charge in [0.1, 0.15) is 35.7 Å². The Bertz CT molecular complexity index is 1600. The van der Waals surface area contributed by atoms with Crippen molar-refractivity contribution in [3.8, 4) is 5.75 Å². The molecule has 5 aromatic rings. The van der Waals surface area contributed by atoms with Crippen LogP contribution in [-0.2, 0) is 6.54 Å². The number of aromatic amines is 1. The smallest absolute Gasteiger partial charge is 0.335 e. The molecule has 1 amide bonds. The second-order valence-corrected chi connectivity index (χ2v) is 9.77. The van der Waals surface area contributed by atoms with Gasteiger partial charge in [0.05, 0.1) is 26.9 Å². The molecule has 188 valence electrons. The fraction of sp³-hybridized carbons (Fsp3) is 0.125. The summed E-state index contributed by atoms with van der Waals surface area (Å²) in [4.78, 5) is 36.0. The summed E-state index contributed by atoms with van der Waals surface area (Å²) in [6, 6.07) is 12.4. The van der Waals surface area contributed by atoms with Gasteiger partial charge in [-0.15, -0.1) is 0 Å². The van der Waals surface area contributed by atoms with Crippen molar-refractivity contribution in [2.45, 2.75) is 19.6 Å². The number of halogens is 2. The van der Waals surface area contributed by atoms with Gasteiger partial charge >= 0.3 is 5.97 Å². The third kappa shape index (κ3) is 5.15. The minimum Gasteiger partial charge on any atom is -0.481 e. The fourth-order valence-corrected chi connectivity index (χ4v) is 5.02. The summed E-state index contributed by atoms with van der Waals surface area (Å²) in [6.45, 7) is 2.02. The number of nitrogens with zero attached hydrogens (tertiary/aromatic N) is 4. The average molecular weight is 557 g/mol. The predicted octanol–water partition coefficient (Wildman–Crippen LogP) is 5.60. The van der Waals surface area contributed by atoms with Crippen LogP contribution in [0.4, 0.5) is 5.13 Å². The number of carbonyl (C=O) groups is 2. The first-order valence-corrected chi connectivity index (χ1v) is 12.4. The van der Waals surface area contributed by atoms with E-state index in [1.54, 1.807) is 17.9 Å². The first-order chi connectivity index (χ1) is 17.8. The summed E-state index contributed by atoms with van der Waals surface area (Å²) in [5.41, 5.74) is 1.93. The van der Waals surface area contributed by atoms with E-state index in [0.29, 0.717) is 22.5 Å². The van der Waals surface area contributed by atoms with Crippen LogP contribution in [0, 0.1) is 6.92 Å². The molecule has 2 aromatic carbocycles. The highest BCUT2D eigenvalue weighted by Gasteiger charge is 2.23. The quantitative estimate of drug-likeness (QED) is 0.226. The Hall–Kier alpha value is -3.93. The molecule has 5 rings (SSSR count). The molecule has 13 heteroatoms. The highest BCUT2D eigenvalue weighted by Crippen LogP contribution is 2.37. The molecular weight excluding hydrogens is 539 g/mol. The molecule has 0 saturated heterocycles. The van der Waals surface area contributed by atoms with Gasteiger partial charge in [0.2, 0.25) is 0 Å². The number of nitrogens with one attached hydrogen (secondary N) is 2. The lowest BCUT2D eigenvalue weighted by Crippen LogP contribution is -2.16. The predicted molar refractivity (Wildman–Crippen MR) is 140 cm³/mol. The largest absolute Gasteiger partial charge is 0.481 e. The summed E-state index contributed by atoms with van der Waals surface area (Å²) in [6.07, 6.45) is 2.46. The molecule has 1 atom stereocenters. The number of hydrogen-bond acceptors (Lipinski definition) is 7. The highest BCUT2D eigenvalue weighted by atomic mass is 35.5. The van der Waals surface area contributed by atoms with Crippen LogP contribution in [-0.4, -0.2) is 41.7 Å². The van der Waals surface area contributed by atoms with E-state index in [-0.39, 0.29) is 32.2 Å². The van der Waals surface area contributed by atoms with E-state index in [1.807, 2.05) is 30.3 Å². The summed E-state index contributed by atoms with van der Waals surface area (Å²) in [7, 11) is 0. The van der Waals surface area contributed by atoms with Crippen molar-refractivity contribution in [3.05, 3.63) is 87.7 Å². The number of anilines is 1. The zero-order valence-electron chi connectivity index (χ0n) is 19.1. The zero-order valence-corrected chi connectivity index (χ0v) is 21.4. The number of hydrogen-bond donors (Lipinski definition) is 3. The number of benzene rings is 2. The van der Waals surface area contributed by atoms with Crippen LogP contribution in [0.15, 0.2) is 55.1 Å². The van der Waals surface area contributed by atoms with Crippen molar-refractivity contribution in [1.29, 1.82) is 0 Å². The Balaban J connectivity index is 1.52. The Morgan fingerprint density at radius 1 is 1.22 bits per heavy atom. The molecular formula is C24H18Cl2N6O4S. The molecule has 10 nitrogen and oxygen atoms in total. The molecule has 0 spiro atoms. The molecule has 0 fully saturated rings. The molecule has 1 unspecified atom stereocenters. The van der Waals surface area contributed by atoms with Crippen LogP contribution in [0.1, 0.15) is 38.2 Å². The molecule has 3 heterocycles. The van der Waals surface area contributed by atoms with Crippen molar-refractivity contribution < 1.29 is 19.4 Å². The number of carboxylic acids is 1. The minimum atomic E-state index is -1.12. The first kappa shape index (κ1) is 24.8. The van der Waals surface area contributed by atoms with Gasteiger partial charge in [-0.2, -0.15) is 5.10 Å². The fourth-order valence-electron chi connectivity index (χ4n) is 3.68. The van der Waals surface area contributed by atoms with Crippen LogP contribution >= 0.6 is 34.5 Å². The maximum absolute atomic E-state index is 12.8. The maximum Gasteiger partial charge on any atom is 0.335 e. The molecule has 37 heavy (non-hydrogen) atoms. The number of aromatic carboxylic acids is 1. The molecule has 0 bridgehead atoms. The van der Waals surface area contributed by atoms with Crippen molar-refractivity contribution in [1.82, 2.24) is 24.7 Å². The Morgan fingerprint density at radius 2 is 2.00 bits per heavy atom. The van der Waals surface area contributed by atoms with E-state index < -0.39 is 18.0 Å². The molecule has 3 aromatic heterocycles. The van der Waals surface area contributed by atoms with Gasteiger partial charge in [0.25, 0.3) is 5.91 Å². The lowest BCUT2D eigenvalue weighted by Gasteiger charge is -2.20. The SMILES string of the molecule is Cc1[nH]c(C(=O)Nc2nc3c(OC(Cn4cncn4)c4ccccc4)cc(C(=O)O)cc3s2)c(Cl)c1Cl. The lowest BCUT2D eigenvalue weighted by atomic mass is 10.1. The zero-order chi connectivity index (χ0) is 26.1. The van der Waals surface area contributed by atoms with Gasteiger partial charge in [-0.25, -0.2) is 19.4 Å². The second kappa shape index (κ2) is 10.2. The van der Waals surface area contributed by atoms with Gasteiger partial charge < -0.3 is 14.8 Å². The van der Waals surface area contributed by atoms with E-state index >= 15 is 0 Å². The van der Waals surface area contributed by atoms with Crippen molar-refractivity contribution >= 4 is 61.8 Å². The number of aromatic nitrogens is 5. The van der Waals surface area contributed by atoms with Gasteiger partial charge in [-0.05, 0) is 24.6 Å². The van der Waals surface area contributed by atoms with Crippen molar-refractivity contribution in [3.63, 3.8) is 0 Å². The third-order valence-corrected chi connectivity index (χ3v) is 7.33. The number of carboxylic acid groups (broad SMARTS) is 1. The van der Waals surface area contributed by atoms with Crippen LogP contribution in [0.2, 0.25) is 10.0 Å². The third-order valence-electron chi connectivity index (χ3n) is 5.47. The first-order valence-electron chi connectivity index (χ1n) is 10.9. The van der Waals surface area contributed by atoms with Gasteiger partial charge in [0.15, 0.2) is 5.13 Å². The van der Waals surface area contributed by atoms with Crippen LogP contribution in [0.3, 0.4) is 0 Å². The van der Waals surface area contributed by atoms with E-state index in [4.69, 9.17) is 27.9 Å².